The summed E-state index contributed by atoms with van der Waals surface area (Å²) >= 11 is 0. The molecule has 0 fully saturated rings. The predicted molar refractivity (Wildman–Crippen MR) is 69.5 cm³/mol. The van der Waals surface area contributed by atoms with E-state index in [1.165, 1.54) is 0 Å². The van der Waals surface area contributed by atoms with Crippen LogP contribution in [0.1, 0.15) is 5.56 Å². The molecular weight excluding hydrogens is 250 g/mol. The highest BCUT2D eigenvalue weighted by molar-refractivity contribution is 5.84. The molecule has 100 valence electrons. The number of nitrogens with one attached hydrogen (secondary N) is 1. The summed E-state index contributed by atoms with van der Waals surface area (Å²) < 4.78 is 14.8. The number of methoxy groups -OCH3 is 2. The normalized spacial score (nSPS) is 10.6. The number of hydrogen-bond acceptors (Lipinski definition) is 8. The fraction of sp³-hybridized carbons (Fsp3) is 0.182. The highest BCUT2D eigenvalue weighted by atomic mass is 16.6. The molecule has 0 spiro atoms. The monoisotopic (exact) mass is 263 g/mol. The topological polar surface area (TPSA) is 108 Å². The van der Waals surface area contributed by atoms with Gasteiger partial charge in [-0.25, -0.2) is 4.63 Å². The van der Waals surface area contributed by atoms with Crippen molar-refractivity contribution in [1.82, 2.24) is 10.3 Å². The third kappa shape index (κ3) is 2.92. The lowest BCUT2D eigenvalue weighted by atomic mass is 10.2. The highest BCUT2D eigenvalue weighted by Crippen LogP contribution is 2.23. The van der Waals surface area contributed by atoms with Crippen LogP contribution in [0.3, 0.4) is 0 Å². The first-order chi connectivity index (χ1) is 9.24. The molecule has 0 aliphatic carbocycles. The van der Waals surface area contributed by atoms with Gasteiger partial charge in [0.2, 0.25) is 11.6 Å². The molecule has 1 aromatic heterocycles. The number of anilines is 2. The maximum absolute atomic E-state index is 5.47. The summed E-state index contributed by atoms with van der Waals surface area (Å²) in [7, 11) is 3.16. The summed E-state index contributed by atoms with van der Waals surface area (Å²) in [5, 5.41) is 10.9. The first-order valence-corrected chi connectivity index (χ1v) is 5.33. The van der Waals surface area contributed by atoms with Gasteiger partial charge in [-0.1, -0.05) is 0 Å². The average Bonchev–Trinajstić information content (AvgIpc) is 2.84. The fourth-order valence-electron chi connectivity index (χ4n) is 1.36. The molecular formula is C11H13N5O3. The highest BCUT2D eigenvalue weighted by Gasteiger charge is 2.04. The summed E-state index contributed by atoms with van der Waals surface area (Å²) in [5.41, 5.74) is 8.85. The Kier molecular flexibility index (Phi) is 3.81. The molecule has 1 aromatic carbocycles. The van der Waals surface area contributed by atoms with E-state index in [-0.39, 0.29) is 11.6 Å². The standard InChI is InChI=1S/C11H13N5O3/c1-17-8-4-3-7(9(5-8)18-2)6-13-14-11-10(12)15-19-16-11/h3-6H,1-2H3,(H2,12,15)(H,14,16)/b13-6-. The van der Waals surface area contributed by atoms with E-state index in [9.17, 15) is 0 Å². The summed E-state index contributed by atoms with van der Waals surface area (Å²) in [6.45, 7) is 0. The van der Waals surface area contributed by atoms with E-state index in [0.717, 1.165) is 5.56 Å². The van der Waals surface area contributed by atoms with Crippen LogP contribution in [0.2, 0.25) is 0 Å². The van der Waals surface area contributed by atoms with Crippen molar-refractivity contribution < 1.29 is 14.1 Å². The largest absolute Gasteiger partial charge is 0.497 e. The molecule has 3 N–H and O–H groups in total. The number of rotatable bonds is 5. The van der Waals surface area contributed by atoms with Gasteiger partial charge in [-0.3, -0.25) is 5.43 Å². The molecule has 19 heavy (non-hydrogen) atoms. The molecule has 0 saturated heterocycles. The molecule has 0 amide bonds. The van der Waals surface area contributed by atoms with Gasteiger partial charge in [-0.15, -0.1) is 0 Å². The van der Waals surface area contributed by atoms with Crippen molar-refractivity contribution >= 4 is 17.9 Å². The van der Waals surface area contributed by atoms with E-state index in [4.69, 9.17) is 15.2 Å². The Morgan fingerprint density at radius 1 is 1.32 bits per heavy atom. The number of ether oxygens (including phenoxy) is 2. The van der Waals surface area contributed by atoms with Gasteiger partial charge >= 0.3 is 0 Å². The van der Waals surface area contributed by atoms with Crippen LogP contribution < -0.4 is 20.6 Å². The zero-order chi connectivity index (χ0) is 13.7. The number of hydrogen-bond donors (Lipinski definition) is 2. The summed E-state index contributed by atoms with van der Waals surface area (Å²) in [6.07, 6.45) is 1.56. The Hall–Kier alpha value is -2.77. The average molecular weight is 263 g/mol. The summed E-state index contributed by atoms with van der Waals surface area (Å²) in [6, 6.07) is 5.37. The minimum Gasteiger partial charge on any atom is -0.497 e. The van der Waals surface area contributed by atoms with Crippen LogP contribution >= 0.6 is 0 Å². The number of nitrogens with two attached hydrogens (primary N) is 1. The van der Waals surface area contributed by atoms with Crippen LogP contribution in [0.15, 0.2) is 27.9 Å². The minimum atomic E-state index is 0.138. The van der Waals surface area contributed by atoms with Crippen LogP contribution in [-0.2, 0) is 0 Å². The molecule has 8 heteroatoms. The molecule has 1 heterocycles. The molecule has 0 aliphatic heterocycles. The van der Waals surface area contributed by atoms with Gasteiger partial charge in [-0.05, 0) is 22.4 Å². The minimum absolute atomic E-state index is 0.138. The van der Waals surface area contributed by atoms with Gasteiger partial charge in [-0.2, -0.15) is 5.10 Å². The van der Waals surface area contributed by atoms with Crippen molar-refractivity contribution in [3.05, 3.63) is 23.8 Å². The van der Waals surface area contributed by atoms with Gasteiger partial charge in [0.05, 0.1) is 20.4 Å². The lowest BCUT2D eigenvalue weighted by Gasteiger charge is -2.06. The van der Waals surface area contributed by atoms with Gasteiger partial charge < -0.3 is 15.2 Å². The smallest absolute Gasteiger partial charge is 0.235 e. The van der Waals surface area contributed by atoms with E-state index in [0.29, 0.717) is 11.5 Å². The Labute approximate surface area is 109 Å². The lowest BCUT2D eigenvalue weighted by molar-refractivity contribution is 0.310. The molecule has 0 radical (unpaired) electrons. The summed E-state index contributed by atoms with van der Waals surface area (Å²) in [4.78, 5) is 0. The van der Waals surface area contributed by atoms with Crippen molar-refractivity contribution in [1.29, 1.82) is 0 Å². The van der Waals surface area contributed by atoms with E-state index >= 15 is 0 Å². The van der Waals surface area contributed by atoms with E-state index in [2.05, 4.69) is 25.5 Å². The first kappa shape index (κ1) is 12.7. The van der Waals surface area contributed by atoms with Crippen LogP contribution in [-0.4, -0.2) is 30.7 Å². The quantitative estimate of drug-likeness (QED) is 0.614. The van der Waals surface area contributed by atoms with Gasteiger partial charge in [0, 0.05) is 11.6 Å². The Balaban J connectivity index is 2.12. The maximum atomic E-state index is 5.47. The maximum Gasteiger partial charge on any atom is 0.235 e. The Bertz CT molecular complexity index is 581. The van der Waals surface area contributed by atoms with Crippen molar-refractivity contribution in [2.75, 3.05) is 25.4 Å². The molecule has 0 atom stereocenters. The number of hydrazone groups is 1. The van der Waals surface area contributed by atoms with E-state index in [1.54, 1.807) is 32.6 Å². The molecule has 0 aliphatic rings. The van der Waals surface area contributed by atoms with Crippen molar-refractivity contribution in [3.63, 3.8) is 0 Å². The van der Waals surface area contributed by atoms with Crippen molar-refractivity contribution in [2.24, 2.45) is 5.10 Å². The molecule has 2 rings (SSSR count). The van der Waals surface area contributed by atoms with Gasteiger partial charge in [0.15, 0.2) is 0 Å². The van der Waals surface area contributed by atoms with E-state index in [1.807, 2.05) is 6.07 Å². The number of aromatic nitrogens is 2. The number of nitrogens with zero attached hydrogens (tertiary/aromatic N) is 3. The molecule has 0 bridgehead atoms. The Morgan fingerprint density at radius 2 is 2.16 bits per heavy atom. The summed E-state index contributed by atoms with van der Waals surface area (Å²) in [5.74, 6) is 1.73. The second-order valence-electron chi connectivity index (χ2n) is 3.48. The van der Waals surface area contributed by atoms with Crippen molar-refractivity contribution in [2.45, 2.75) is 0 Å². The zero-order valence-corrected chi connectivity index (χ0v) is 10.5. The molecule has 2 aromatic rings. The Morgan fingerprint density at radius 3 is 2.79 bits per heavy atom. The van der Waals surface area contributed by atoms with Crippen LogP contribution in [0, 0.1) is 0 Å². The van der Waals surface area contributed by atoms with Crippen LogP contribution in [0.5, 0.6) is 11.5 Å². The molecule has 0 unspecified atom stereocenters. The van der Waals surface area contributed by atoms with Crippen LogP contribution in [0.4, 0.5) is 11.6 Å². The molecule has 0 saturated carbocycles. The second kappa shape index (κ2) is 5.71. The SMILES string of the molecule is COc1ccc(/C=N\Nc2nonc2N)c(OC)c1. The number of benzene rings is 1. The van der Waals surface area contributed by atoms with Gasteiger partial charge in [0.25, 0.3) is 0 Å². The van der Waals surface area contributed by atoms with Crippen LogP contribution in [0.25, 0.3) is 0 Å². The first-order valence-electron chi connectivity index (χ1n) is 5.33. The number of nitrogen functional groups attached to an aromatic ring is 1. The fourth-order valence-corrected chi connectivity index (χ4v) is 1.36. The molecule has 8 nitrogen and oxygen atoms in total. The third-order valence-electron chi connectivity index (χ3n) is 2.33. The predicted octanol–water partition coefficient (Wildman–Crippen LogP) is 1.11. The second-order valence-corrected chi connectivity index (χ2v) is 3.48. The van der Waals surface area contributed by atoms with Crippen molar-refractivity contribution in [3.8, 4) is 11.5 Å². The zero-order valence-electron chi connectivity index (χ0n) is 10.5. The lowest BCUT2D eigenvalue weighted by Crippen LogP contribution is -1.97. The third-order valence-corrected chi connectivity index (χ3v) is 2.33. The van der Waals surface area contributed by atoms with Gasteiger partial charge in [0.1, 0.15) is 11.5 Å². The van der Waals surface area contributed by atoms with E-state index < -0.39 is 0 Å².